The van der Waals surface area contributed by atoms with Crippen molar-refractivity contribution in [2.75, 3.05) is 0 Å². The van der Waals surface area contributed by atoms with E-state index >= 15 is 0 Å². The molecule has 0 atom stereocenters. The first-order valence-electron chi connectivity index (χ1n) is 6.38. The minimum Gasteiger partial charge on any atom is -0.363 e. The summed E-state index contributed by atoms with van der Waals surface area (Å²) in [4.78, 5) is 4.42. The van der Waals surface area contributed by atoms with Crippen LogP contribution in [0.15, 0.2) is 23.2 Å². The van der Waals surface area contributed by atoms with E-state index in [9.17, 15) is 0 Å². The highest BCUT2D eigenvalue weighted by Crippen LogP contribution is 2.34. The lowest BCUT2D eigenvalue weighted by Crippen LogP contribution is -2.15. The van der Waals surface area contributed by atoms with Crippen molar-refractivity contribution in [1.29, 1.82) is 0 Å². The fourth-order valence-electron chi connectivity index (χ4n) is 1.87. The molecule has 0 unspecified atom stereocenters. The van der Waals surface area contributed by atoms with Gasteiger partial charge in [0.25, 0.3) is 0 Å². The van der Waals surface area contributed by atoms with E-state index < -0.39 is 6.29 Å². The zero-order valence-corrected chi connectivity index (χ0v) is 11.8. The lowest BCUT2D eigenvalue weighted by molar-refractivity contribution is 0.0192. The van der Waals surface area contributed by atoms with Gasteiger partial charge in [-0.05, 0) is 29.9 Å². The molecule has 0 radical (unpaired) electrons. The smallest absolute Gasteiger partial charge is 0.191 e. The van der Waals surface area contributed by atoms with Gasteiger partial charge in [-0.1, -0.05) is 45.9 Å². The van der Waals surface area contributed by atoms with Gasteiger partial charge in [0.2, 0.25) is 0 Å². The highest BCUT2D eigenvalue weighted by molar-refractivity contribution is 5.88. The predicted octanol–water partition coefficient (Wildman–Crippen LogP) is 3.34. The molecule has 3 nitrogen and oxygen atoms in total. The summed E-state index contributed by atoms with van der Waals surface area (Å²) >= 11 is 0. The van der Waals surface area contributed by atoms with Crippen molar-refractivity contribution in [2.45, 2.75) is 52.7 Å². The summed E-state index contributed by atoms with van der Waals surface area (Å²) in [7, 11) is 0. The molecule has 0 amide bonds. The normalized spacial score (nSPS) is 12.9. The molecule has 0 spiro atoms. The van der Waals surface area contributed by atoms with Gasteiger partial charge in [-0.15, -0.1) is 0 Å². The third-order valence-electron chi connectivity index (χ3n) is 3.00. The van der Waals surface area contributed by atoms with Crippen LogP contribution in [0.4, 0.5) is 5.69 Å². The third kappa shape index (κ3) is 3.40. The average Bonchev–Trinajstić information content (AvgIpc) is 2.28. The van der Waals surface area contributed by atoms with Gasteiger partial charge in [-0.2, -0.15) is 0 Å². The quantitative estimate of drug-likeness (QED) is 0.635. The summed E-state index contributed by atoms with van der Waals surface area (Å²) in [6.07, 6.45) is -1.50. The second-order valence-corrected chi connectivity index (χ2v) is 5.22. The van der Waals surface area contributed by atoms with E-state index in [4.69, 9.17) is 10.2 Å². The third-order valence-corrected chi connectivity index (χ3v) is 3.00. The molecule has 1 rings (SSSR count). The molecular formula is C15H23NO2. The van der Waals surface area contributed by atoms with Crippen LogP contribution in [0.5, 0.6) is 0 Å². The average molecular weight is 249 g/mol. The number of benzene rings is 1. The van der Waals surface area contributed by atoms with Crippen LogP contribution in [-0.4, -0.2) is 22.2 Å². The second-order valence-electron chi connectivity index (χ2n) is 5.22. The van der Waals surface area contributed by atoms with E-state index in [0.29, 0.717) is 17.5 Å². The van der Waals surface area contributed by atoms with Crippen molar-refractivity contribution in [1.82, 2.24) is 0 Å². The number of nitrogens with zero attached hydrogens (tertiary/aromatic N) is 1. The molecule has 3 heteroatoms. The SMILES string of the molecule is CC(=Nc1c(C(C)C)cccc1C(C)C)C(O)O. The van der Waals surface area contributed by atoms with Crippen molar-refractivity contribution < 1.29 is 10.2 Å². The molecule has 0 saturated heterocycles. The topological polar surface area (TPSA) is 52.8 Å². The van der Waals surface area contributed by atoms with Crippen LogP contribution >= 0.6 is 0 Å². The summed E-state index contributed by atoms with van der Waals surface area (Å²) in [6, 6.07) is 6.13. The van der Waals surface area contributed by atoms with Crippen LogP contribution in [0, 0.1) is 0 Å². The summed E-state index contributed by atoms with van der Waals surface area (Å²) in [5, 5.41) is 18.3. The van der Waals surface area contributed by atoms with Crippen molar-refractivity contribution in [3.8, 4) is 0 Å². The Labute approximate surface area is 109 Å². The number of aliphatic imine (C=N–C) groups is 1. The minimum atomic E-state index is -1.50. The second kappa shape index (κ2) is 6.12. The van der Waals surface area contributed by atoms with Gasteiger partial charge in [0.1, 0.15) is 0 Å². The van der Waals surface area contributed by atoms with Crippen LogP contribution in [0.3, 0.4) is 0 Å². The lowest BCUT2D eigenvalue weighted by atomic mass is 9.93. The molecule has 0 aliphatic rings. The van der Waals surface area contributed by atoms with Gasteiger partial charge in [-0.3, -0.25) is 4.99 Å². The van der Waals surface area contributed by atoms with Crippen LogP contribution in [0.25, 0.3) is 0 Å². The van der Waals surface area contributed by atoms with Crippen LogP contribution in [0.1, 0.15) is 57.6 Å². The molecule has 0 fully saturated rings. The zero-order chi connectivity index (χ0) is 13.9. The zero-order valence-electron chi connectivity index (χ0n) is 11.8. The highest BCUT2D eigenvalue weighted by atomic mass is 16.5. The Kier molecular flexibility index (Phi) is 5.05. The fourth-order valence-corrected chi connectivity index (χ4v) is 1.87. The first-order valence-corrected chi connectivity index (χ1v) is 6.38. The van der Waals surface area contributed by atoms with Gasteiger partial charge in [0.15, 0.2) is 6.29 Å². The highest BCUT2D eigenvalue weighted by Gasteiger charge is 2.14. The van der Waals surface area contributed by atoms with Gasteiger partial charge in [0.05, 0.1) is 11.4 Å². The molecule has 18 heavy (non-hydrogen) atoms. The lowest BCUT2D eigenvalue weighted by Gasteiger charge is -2.17. The molecule has 2 N–H and O–H groups in total. The molecule has 1 aromatic rings. The molecule has 0 bridgehead atoms. The van der Waals surface area contributed by atoms with E-state index in [1.54, 1.807) is 6.92 Å². The van der Waals surface area contributed by atoms with Gasteiger partial charge >= 0.3 is 0 Å². The Hall–Kier alpha value is -1.19. The largest absolute Gasteiger partial charge is 0.363 e. The van der Waals surface area contributed by atoms with E-state index in [-0.39, 0.29) is 0 Å². The number of aliphatic hydroxyl groups is 2. The van der Waals surface area contributed by atoms with E-state index in [2.05, 4.69) is 32.7 Å². The number of rotatable bonds is 4. The Balaban J connectivity index is 3.41. The maximum absolute atomic E-state index is 9.17. The molecule has 0 aromatic heterocycles. The fraction of sp³-hybridized carbons (Fsp3) is 0.533. The number of aliphatic hydroxyl groups excluding tert-OH is 1. The van der Waals surface area contributed by atoms with Crippen molar-refractivity contribution in [2.24, 2.45) is 4.99 Å². The Morgan fingerprint density at radius 2 is 1.44 bits per heavy atom. The van der Waals surface area contributed by atoms with Gasteiger partial charge in [-0.25, -0.2) is 0 Å². The van der Waals surface area contributed by atoms with Gasteiger partial charge < -0.3 is 10.2 Å². The summed E-state index contributed by atoms with van der Waals surface area (Å²) in [5.74, 6) is 0.706. The number of hydrogen-bond acceptors (Lipinski definition) is 3. The monoisotopic (exact) mass is 249 g/mol. The van der Waals surface area contributed by atoms with Crippen molar-refractivity contribution in [3.63, 3.8) is 0 Å². The predicted molar refractivity (Wildman–Crippen MR) is 75.6 cm³/mol. The maximum atomic E-state index is 9.17. The maximum Gasteiger partial charge on any atom is 0.191 e. The van der Waals surface area contributed by atoms with Crippen LogP contribution in [-0.2, 0) is 0 Å². The Bertz CT molecular complexity index is 408. The molecule has 0 aliphatic heterocycles. The van der Waals surface area contributed by atoms with E-state index in [1.165, 1.54) is 0 Å². The summed E-state index contributed by atoms with van der Waals surface area (Å²) < 4.78 is 0. The Morgan fingerprint density at radius 1 is 1.00 bits per heavy atom. The first kappa shape index (κ1) is 14.9. The summed E-state index contributed by atoms with van der Waals surface area (Å²) in [5.41, 5.74) is 3.49. The number of para-hydroxylation sites is 1. The standard InChI is InChI=1S/C15H23NO2/c1-9(2)12-7-6-8-13(10(3)4)14(12)16-11(5)15(17)18/h6-10,15,17-18H,1-5H3. The molecule has 0 heterocycles. The first-order chi connectivity index (χ1) is 8.34. The molecule has 0 aliphatic carbocycles. The van der Waals surface area contributed by atoms with E-state index in [1.807, 2.05) is 18.2 Å². The van der Waals surface area contributed by atoms with Crippen LogP contribution < -0.4 is 0 Å². The van der Waals surface area contributed by atoms with Crippen LogP contribution in [0.2, 0.25) is 0 Å². The van der Waals surface area contributed by atoms with Crippen molar-refractivity contribution in [3.05, 3.63) is 29.3 Å². The molecule has 1 aromatic carbocycles. The van der Waals surface area contributed by atoms with Crippen molar-refractivity contribution >= 4 is 11.4 Å². The molecule has 100 valence electrons. The minimum absolute atomic E-state index is 0.324. The number of hydrogen-bond donors (Lipinski definition) is 2. The van der Waals surface area contributed by atoms with Gasteiger partial charge in [0, 0.05) is 0 Å². The van der Waals surface area contributed by atoms with E-state index in [0.717, 1.165) is 16.8 Å². The Morgan fingerprint density at radius 3 is 1.78 bits per heavy atom. The molecular weight excluding hydrogens is 226 g/mol. The molecule has 0 saturated carbocycles. The summed E-state index contributed by atoms with van der Waals surface area (Å²) in [6.45, 7) is 10.1.